The molecule has 4 heterocycles. The summed E-state index contributed by atoms with van der Waals surface area (Å²) in [7, 11) is 4.28. The molecule has 2 unspecified atom stereocenters. The van der Waals surface area contributed by atoms with Gasteiger partial charge in [0.15, 0.2) is 6.20 Å². The van der Waals surface area contributed by atoms with Crippen LogP contribution in [-0.4, -0.2) is 89.1 Å². The maximum absolute atomic E-state index is 12.4. The number of carbonyl (C=O) groups is 2. The Bertz CT molecular complexity index is 2720. The number of nitrogens with one attached hydrogen (secondary N) is 2. The molecule has 0 spiro atoms. The lowest BCUT2D eigenvalue weighted by Crippen LogP contribution is -3.00. The number of halogens is 2. The number of thioether (sulfide) groups is 1. The molecule has 2 aromatic heterocycles. The highest BCUT2D eigenvalue weighted by Crippen LogP contribution is 2.45. The molecule has 2 aliphatic heterocycles. The van der Waals surface area contributed by atoms with E-state index in [4.69, 9.17) is 14.2 Å². The van der Waals surface area contributed by atoms with Crippen LogP contribution in [0.5, 0.6) is 0 Å². The maximum Gasteiger partial charge on any atom is 0.262 e. The van der Waals surface area contributed by atoms with Gasteiger partial charge in [-0.2, -0.15) is 9.13 Å². The summed E-state index contributed by atoms with van der Waals surface area (Å²) in [6, 6.07) is 28.3. The number of ether oxygens (including phenoxy) is 3. The normalized spacial score (nSPS) is 16.7. The van der Waals surface area contributed by atoms with Gasteiger partial charge in [-0.05, 0) is 92.3 Å². The van der Waals surface area contributed by atoms with E-state index in [1.165, 1.54) is 52.9 Å². The Morgan fingerprint density at radius 2 is 1.34 bits per heavy atom. The highest BCUT2D eigenvalue weighted by Gasteiger charge is 2.30. The van der Waals surface area contributed by atoms with Gasteiger partial charge in [-0.3, -0.25) is 9.59 Å². The zero-order valence-corrected chi connectivity index (χ0v) is 48.3. The third kappa shape index (κ3) is 16.9. The van der Waals surface area contributed by atoms with Crippen molar-refractivity contribution in [2.75, 3.05) is 71.2 Å². The first-order chi connectivity index (χ1) is 34.9. The first-order valence-corrected chi connectivity index (χ1v) is 27.3. The van der Waals surface area contributed by atoms with Crippen molar-refractivity contribution in [3.63, 3.8) is 0 Å². The summed E-state index contributed by atoms with van der Waals surface area (Å²) in [6.45, 7) is 6.31. The number of carbonyl (C=O) groups excluding carboxylic acids is 2. The fourth-order valence-corrected chi connectivity index (χ4v) is 11.6. The van der Waals surface area contributed by atoms with Crippen molar-refractivity contribution in [2.45, 2.75) is 81.7 Å². The van der Waals surface area contributed by atoms with Crippen LogP contribution in [0.2, 0.25) is 0 Å². The molecule has 5 aromatic rings. The summed E-state index contributed by atoms with van der Waals surface area (Å²) in [5.74, 6) is 0.537. The first-order valence-electron chi connectivity index (χ1n) is 25.7. The van der Waals surface area contributed by atoms with Gasteiger partial charge in [-0.25, -0.2) is 0 Å². The maximum atomic E-state index is 12.4. The standard InChI is InChI=1S/C58H70N6O5S2.2HI/c1-61-51-23-11-13-25-53(51)70-57(61)43-45-29-35-63(49-21-9-7-19-47(45)49)33-15-3-5-27-55(65)59-31-17-37-67-39-41-69-42-40-68-38-18-32-60-56(66)28-6-4-16-34-64-36-30-46(48-20-8-10-22-50(48)64)44-58-62(2)52-24-12-14-26-54(52)71-58;;/h7-14,19-26,29-30,35-36,43-44,47,49H,3-6,15-18,27-28,31-34,37-42H2,1-2H3;2*1H. The van der Waals surface area contributed by atoms with E-state index >= 15 is 0 Å². The number of hydrogen-bond donors (Lipinski definition) is 2. The highest BCUT2D eigenvalue weighted by molar-refractivity contribution is 8.03. The van der Waals surface area contributed by atoms with E-state index in [0.717, 1.165) is 64.5 Å². The second-order valence-electron chi connectivity index (χ2n) is 18.4. The van der Waals surface area contributed by atoms with Gasteiger partial charge in [0.1, 0.15) is 18.3 Å². The number of aromatic nitrogens is 2. The van der Waals surface area contributed by atoms with Crippen LogP contribution in [-0.2, 0) is 37.4 Å². The van der Waals surface area contributed by atoms with Gasteiger partial charge < -0.3 is 82.6 Å². The van der Waals surface area contributed by atoms with Crippen molar-refractivity contribution in [1.82, 2.24) is 15.5 Å². The van der Waals surface area contributed by atoms with Gasteiger partial charge in [0, 0.05) is 94.2 Å². The third-order valence-corrected chi connectivity index (χ3v) is 15.7. The van der Waals surface area contributed by atoms with Crippen LogP contribution in [0.3, 0.4) is 0 Å². The van der Waals surface area contributed by atoms with Crippen molar-refractivity contribution in [3.8, 4) is 0 Å². The van der Waals surface area contributed by atoms with Crippen molar-refractivity contribution in [2.24, 2.45) is 13.0 Å². The third-order valence-electron chi connectivity index (χ3n) is 13.3. The van der Waals surface area contributed by atoms with Crippen LogP contribution in [0.15, 0.2) is 137 Å². The van der Waals surface area contributed by atoms with Gasteiger partial charge in [0.2, 0.25) is 22.8 Å². The topological polar surface area (TPSA) is 100 Å². The first kappa shape index (κ1) is 58.2. The lowest BCUT2D eigenvalue weighted by Gasteiger charge is -2.38. The predicted octanol–water partition coefficient (Wildman–Crippen LogP) is 3.92. The van der Waals surface area contributed by atoms with Crippen molar-refractivity contribution < 1.29 is 80.9 Å². The summed E-state index contributed by atoms with van der Waals surface area (Å²) in [5.41, 5.74) is 6.30. The molecule has 3 aromatic carbocycles. The molecule has 15 heteroatoms. The molecule has 11 nitrogen and oxygen atoms in total. The average molecular weight is 1250 g/mol. The Morgan fingerprint density at radius 1 is 0.699 bits per heavy atom. The van der Waals surface area contributed by atoms with Gasteiger partial charge in [0.05, 0.1) is 48.6 Å². The molecule has 0 bridgehead atoms. The Labute approximate surface area is 475 Å². The molecule has 2 amide bonds. The number of allylic oxidation sites excluding steroid dienone is 3. The van der Waals surface area contributed by atoms with Crippen molar-refractivity contribution in [3.05, 3.63) is 143 Å². The van der Waals surface area contributed by atoms with Gasteiger partial charge in [-0.15, -0.1) is 0 Å². The number of nitrogens with zero attached hydrogens (tertiary/aromatic N) is 4. The molecule has 390 valence electrons. The minimum atomic E-state index is 0. The van der Waals surface area contributed by atoms with Gasteiger partial charge >= 0.3 is 0 Å². The number of para-hydroxylation sites is 3. The molecule has 0 saturated heterocycles. The van der Waals surface area contributed by atoms with E-state index in [0.29, 0.717) is 77.5 Å². The number of fused-ring (bicyclic) bond motifs is 4. The van der Waals surface area contributed by atoms with Crippen LogP contribution in [0.1, 0.15) is 74.8 Å². The van der Waals surface area contributed by atoms with Crippen LogP contribution >= 0.6 is 23.1 Å². The van der Waals surface area contributed by atoms with Crippen LogP contribution in [0.4, 0.5) is 5.69 Å². The monoisotopic (exact) mass is 1250 g/mol. The number of hydrogen-bond acceptors (Lipinski definition) is 9. The van der Waals surface area contributed by atoms with E-state index in [2.05, 4.69) is 177 Å². The number of unbranched alkanes of at least 4 members (excludes halogenated alkanes) is 4. The number of amides is 2. The van der Waals surface area contributed by atoms with Gasteiger partial charge in [-0.1, -0.05) is 90.2 Å². The number of thiazole rings is 1. The van der Waals surface area contributed by atoms with E-state index in [1.54, 1.807) is 0 Å². The largest absolute Gasteiger partial charge is 1.00 e. The number of pyridine rings is 1. The number of benzene rings is 3. The molecule has 0 saturated carbocycles. The Kier molecular flexibility index (Phi) is 24.7. The van der Waals surface area contributed by atoms with E-state index in [9.17, 15) is 9.59 Å². The lowest BCUT2D eigenvalue weighted by molar-refractivity contribution is -0.671. The summed E-state index contributed by atoms with van der Waals surface area (Å²) in [6.07, 6.45) is 28.8. The zero-order chi connectivity index (χ0) is 49.0. The van der Waals surface area contributed by atoms with Crippen molar-refractivity contribution >= 4 is 73.9 Å². The number of aryl methyl sites for hydroxylation is 2. The molecule has 2 N–H and O–H groups in total. The smallest absolute Gasteiger partial charge is 0.262 e. The summed E-state index contributed by atoms with van der Waals surface area (Å²) >= 11 is 3.65. The highest BCUT2D eigenvalue weighted by atomic mass is 127. The zero-order valence-electron chi connectivity index (χ0n) is 42.4. The Balaban J connectivity index is 0.00000435. The molecular weight excluding hydrogens is 1180 g/mol. The minimum Gasteiger partial charge on any atom is -1.00 e. The van der Waals surface area contributed by atoms with Crippen LogP contribution in [0.25, 0.3) is 33.3 Å². The van der Waals surface area contributed by atoms with Crippen LogP contribution in [0, 0.1) is 5.92 Å². The molecule has 2 atom stereocenters. The molecule has 8 rings (SSSR count). The Morgan fingerprint density at radius 3 is 2.07 bits per heavy atom. The fraction of sp³-hybridized carbons (Fsp3) is 0.414. The summed E-state index contributed by atoms with van der Waals surface area (Å²) in [4.78, 5) is 30.9. The SMILES string of the molecule is CN1/C(=C\c2cc[n+](CCCCCC(=O)NCCCOCCOCCOCCCNC(=O)CCCCCN3C=C/C(=C\c4sc5ccccc5[n+]4C)C4C=CC=CC43)c3ccccc23)Sc2ccccc21.[I-].[I-]. The quantitative estimate of drug-likeness (QED) is 0.0443. The molecular formula is C58H72I2N6O5S2. The second-order valence-corrected chi connectivity index (χ2v) is 20.5. The van der Waals surface area contributed by atoms with E-state index < -0.39 is 0 Å². The molecule has 3 aliphatic rings. The second kappa shape index (κ2) is 31.1. The molecule has 0 radical (unpaired) electrons. The number of rotatable bonds is 28. The Hall–Kier alpha value is -4.11. The molecule has 0 fully saturated rings. The predicted molar refractivity (Wildman–Crippen MR) is 290 cm³/mol. The van der Waals surface area contributed by atoms with Gasteiger partial charge in [0.25, 0.3) is 5.01 Å². The van der Waals surface area contributed by atoms with Crippen LogP contribution < -0.4 is 72.6 Å². The minimum absolute atomic E-state index is 0. The summed E-state index contributed by atoms with van der Waals surface area (Å²) < 4.78 is 22.9. The van der Waals surface area contributed by atoms with E-state index in [-0.39, 0.29) is 59.8 Å². The summed E-state index contributed by atoms with van der Waals surface area (Å²) in [5, 5.41) is 9.80. The average Bonchev–Trinajstić information content (AvgIpc) is 3.89. The fourth-order valence-electron chi connectivity index (χ4n) is 9.40. The van der Waals surface area contributed by atoms with Crippen molar-refractivity contribution in [1.29, 1.82) is 0 Å². The molecule has 1 aliphatic carbocycles. The number of anilines is 1. The molecule has 73 heavy (non-hydrogen) atoms. The lowest BCUT2D eigenvalue weighted by atomic mass is 9.84. The van der Waals surface area contributed by atoms with E-state index in [1.807, 2.05) is 23.1 Å².